The van der Waals surface area contributed by atoms with Crippen molar-refractivity contribution in [1.29, 1.82) is 0 Å². The molecule has 1 aromatic heterocycles. The number of carbonyl (C=O) groups excluding carboxylic acids is 3. The van der Waals surface area contributed by atoms with Crippen molar-refractivity contribution in [2.24, 2.45) is 11.7 Å². The van der Waals surface area contributed by atoms with Gasteiger partial charge in [-0.2, -0.15) is 0 Å². The molecule has 3 atom stereocenters. The molecule has 10 heteroatoms. The number of aromatic nitrogens is 2. The van der Waals surface area contributed by atoms with Gasteiger partial charge in [-0.05, 0) is 60.9 Å². The van der Waals surface area contributed by atoms with Gasteiger partial charge in [-0.15, -0.1) is 0 Å². The average Bonchev–Trinajstić information content (AvgIpc) is 3.52. The quantitative estimate of drug-likeness (QED) is 0.220. The Morgan fingerprint density at radius 2 is 1.63 bits per heavy atom. The molecule has 0 bridgehead atoms. The first-order chi connectivity index (χ1) is 20.9. The number of amides is 3. The van der Waals surface area contributed by atoms with E-state index in [0.29, 0.717) is 24.5 Å². The van der Waals surface area contributed by atoms with Gasteiger partial charge in [0.1, 0.15) is 29.3 Å². The van der Waals surface area contributed by atoms with Crippen LogP contribution in [-0.2, 0) is 33.8 Å². The number of ether oxygens (including phenoxy) is 2. The van der Waals surface area contributed by atoms with Crippen molar-refractivity contribution in [1.82, 2.24) is 20.2 Å². The Kier molecular flexibility index (Phi) is 9.36. The minimum absolute atomic E-state index is 0.0803. The van der Waals surface area contributed by atoms with E-state index in [-0.39, 0.29) is 31.2 Å². The molecular weight excluding hydrogens is 546 g/mol. The number of aromatic amines is 1. The van der Waals surface area contributed by atoms with Crippen molar-refractivity contribution in [3.05, 3.63) is 108 Å². The fraction of sp³-hybridized carbons (Fsp3) is 0.273. The zero-order valence-electron chi connectivity index (χ0n) is 23.9. The summed E-state index contributed by atoms with van der Waals surface area (Å²) >= 11 is 0. The number of benzene rings is 3. The van der Waals surface area contributed by atoms with Crippen molar-refractivity contribution in [2.45, 2.75) is 44.8 Å². The van der Waals surface area contributed by atoms with Gasteiger partial charge in [0, 0.05) is 37.2 Å². The second-order valence-corrected chi connectivity index (χ2v) is 10.5. The van der Waals surface area contributed by atoms with Gasteiger partial charge in [0.15, 0.2) is 0 Å². The number of nitrogens with zero attached hydrogens (tertiary/aromatic N) is 2. The molecule has 0 radical (unpaired) electrons. The van der Waals surface area contributed by atoms with Crippen LogP contribution < -0.4 is 20.5 Å². The summed E-state index contributed by atoms with van der Waals surface area (Å²) in [5.74, 6) is 0.315. The summed E-state index contributed by atoms with van der Waals surface area (Å²) in [6.45, 7) is 2.65. The summed E-state index contributed by atoms with van der Waals surface area (Å²) in [6, 6.07) is 22.7. The van der Waals surface area contributed by atoms with Gasteiger partial charge in [-0.25, -0.2) is 4.98 Å². The molecular formula is C33H35N5O5. The van der Waals surface area contributed by atoms with Crippen LogP contribution in [0.2, 0.25) is 0 Å². The van der Waals surface area contributed by atoms with Crippen LogP contribution in [-0.4, -0.2) is 51.3 Å². The lowest BCUT2D eigenvalue weighted by Gasteiger charge is -2.40. The van der Waals surface area contributed by atoms with Crippen LogP contribution in [0.15, 0.2) is 91.4 Å². The molecule has 2 heterocycles. The largest absolute Gasteiger partial charge is 0.494 e. The van der Waals surface area contributed by atoms with Crippen molar-refractivity contribution < 1.29 is 23.9 Å². The molecule has 3 unspecified atom stereocenters. The van der Waals surface area contributed by atoms with E-state index >= 15 is 0 Å². The molecule has 5 rings (SSSR count). The molecule has 3 aromatic carbocycles. The van der Waals surface area contributed by atoms with Crippen LogP contribution in [0, 0.1) is 5.92 Å². The maximum Gasteiger partial charge on any atom is 0.246 e. The second-order valence-electron chi connectivity index (χ2n) is 10.5. The zero-order chi connectivity index (χ0) is 30.2. The third kappa shape index (κ3) is 7.59. The highest BCUT2D eigenvalue weighted by atomic mass is 16.5. The highest BCUT2D eigenvalue weighted by Crippen LogP contribution is 2.26. The highest BCUT2D eigenvalue weighted by molar-refractivity contribution is 5.97. The number of rotatable bonds is 13. The monoisotopic (exact) mass is 581 g/mol. The minimum atomic E-state index is -0.884. The Bertz CT molecular complexity index is 1510. The molecule has 0 aliphatic carbocycles. The van der Waals surface area contributed by atoms with Crippen molar-refractivity contribution in [3.63, 3.8) is 0 Å². The average molecular weight is 582 g/mol. The molecule has 4 aromatic rings. The molecule has 43 heavy (non-hydrogen) atoms. The first-order valence-electron chi connectivity index (χ1n) is 14.3. The van der Waals surface area contributed by atoms with Crippen molar-refractivity contribution >= 4 is 17.7 Å². The molecule has 1 aliphatic rings. The summed E-state index contributed by atoms with van der Waals surface area (Å²) in [5, 5.41) is 2.91. The number of nitrogens with one attached hydrogen (secondary N) is 2. The molecule has 3 amide bonds. The number of para-hydroxylation sites is 1. The number of piperazine rings is 1. The van der Waals surface area contributed by atoms with E-state index in [1.165, 1.54) is 6.33 Å². The van der Waals surface area contributed by atoms with Crippen LogP contribution in [0.3, 0.4) is 0 Å². The Labute approximate surface area is 250 Å². The lowest BCUT2D eigenvalue weighted by Crippen LogP contribution is -2.64. The lowest BCUT2D eigenvalue weighted by atomic mass is 9.90. The zero-order valence-corrected chi connectivity index (χ0v) is 23.9. The van der Waals surface area contributed by atoms with Gasteiger partial charge in [0.2, 0.25) is 17.7 Å². The van der Waals surface area contributed by atoms with E-state index in [9.17, 15) is 14.4 Å². The maximum atomic E-state index is 14.0. The fourth-order valence-electron chi connectivity index (χ4n) is 5.23. The first-order valence-corrected chi connectivity index (χ1v) is 14.3. The Morgan fingerprint density at radius 3 is 2.28 bits per heavy atom. The number of carbonyl (C=O) groups is 3. The van der Waals surface area contributed by atoms with Crippen LogP contribution in [0.4, 0.5) is 0 Å². The third-order valence-corrected chi connectivity index (χ3v) is 7.44. The first kappa shape index (κ1) is 29.4. The molecule has 222 valence electrons. The van der Waals surface area contributed by atoms with Crippen molar-refractivity contribution in [3.8, 4) is 17.2 Å². The van der Waals surface area contributed by atoms with Gasteiger partial charge in [0.25, 0.3) is 0 Å². The number of hydrogen-bond acceptors (Lipinski definition) is 6. The smallest absolute Gasteiger partial charge is 0.246 e. The number of primary amides is 1. The van der Waals surface area contributed by atoms with Gasteiger partial charge in [-0.3, -0.25) is 14.4 Å². The molecule has 1 fully saturated rings. The van der Waals surface area contributed by atoms with Crippen molar-refractivity contribution in [2.75, 3.05) is 6.61 Å². The second kappa shape index (κ2) is 13.7. The van der Waals surface area contributed by atoms with Gasteiger partial charge in [-0.1, -0.05) is 42.5 Å². The Morgan fingerprint density at radius 1 is 0.953 bits per heavy atom. The highest BCUT2D eigenvalue weighted by Gasteiger charge is 2.42. The van der Waals surface area contributed by atoms with E-state index in [2.05, 4.69) is 15.3 Å². The molecule has 10 nitrogen and oxygen atoms in total. The summed E-state index contributed by atoms with van der Waals surface area (Å²) in [7, 11) is 0. The molecule has 4 N–H and O–H groups in total. The maximum absolute atomic E-state index is 14.0. The van der Waals surface area contributed by atoms with E-state index < -0.39 is 23.9 Å². The molecule has 0 spiro atoms. The molecule has 0 saturated carbocycles. The van der Waals surface area contributed by atoms with Crippen LogP contribution in [0.25, 0.3) is 0 Å². The molecule has 1 aliphatic heterocycles. The summed E-state index contributed by atoms with van der Waals surface area (Å²) in [4.78, 5) is 48.5. The normalized spacial score (nSPS) is 17.3. The summed E-state index contributed by atoms with van der Waals surface area (Å²) < 4.78 is 11.4. The third-order valence-electron chi connectivity index (χ3n) is 7.44. The summed E-state index contributed by atoms with van der Waals surface area (Å²) in [6.07, 6.45) is 3.82. The predicted molar refractivity (Wildman–Crippen MR) is 160 cm³/mol. The van der Waals surface area contributed by atoms with E-state index in [4.69, 9.17) is 15.2 Å². The van der Waals surface area contributed by atoms with Gasteiger partial charge in [0.05, 0.1) is 12.9 Å². The van der Waals surface area contributed by atoms with Crippen LogP contribution >= 0.6 is 0 Å². The van der Waals surface area contributed by atoms with Gasteiger partial charge >= 0.3 is 0 Å². The standard InChI is InChI=1S/C33H35N5O5/c1-2-42-26-12-8-22(9-13-26)16-29-33(41)38(20-23-10-14-28(15-11-23)43-27-6-4-3-5-7-27)30(32(40)37-29)18-24(31(34)39)17-25-19-35-21-36-25/h3-15,19,21,24,29-30H,2,16-18,20H2,1H3,(H2,34,39)(H,35,36)(H,37,40). The number of nitrogens with two attached hydrogens (primary N) is 1. The number of H-pyrrole nitrogens is 1. The minimum Gasteiger partial charge on any atom is -0.494 e. The van der Waals surface area contributed by atoms with E-state index in [1.807, 2.05) is 85.8 Å². The summed E-state index contributed by atoms with van der Waals surface area (Å²) in [5.41, 5.74) is 8.19. The SMILES string of the molecule is CCOc1ccc(CC2NC(=O)C(CC(Cc3cnc[nH]3)C(N)=O)N(Cc3ccc(Oc4ccccc4)cc3)C2=O)cc1. The van der Waals surface area contributed by atoms with Crippen LogP contribution in [0.1, 0.15) is 30.2 Å². The van der Waals surface area contributed by atoms with Crippen LogP contribution in [0.5, 0.6) is 17.2 Å². The lowest BCUT2D eigenvalue weighted by molar-refractivity contribution is -0.151. The molecule has 1 saturated heterocycles. The van der Waals surface area contributed by atoms with Gasteiger partial charge < -0.3 is 30.4 Å². The fourth-order valence-corrected chi connectivity index (χ4v) is 5.23. The van der Waals surface area contributed by atoms with E-state index in [0.717, 1.165) is 22.6 Å². The van der Waals surface area contributed by atoms with E-state index in [1.54, 1.807) is 11.1 Å². The Balaban J connectivity index is 1.37. The number of hydrogen-bond donors (Lipinski definition) is 3. The topological polar surface area (TPSA) is 140 Å². The number of imidazole rings is 1. The predicted octanol–water partition coefficient (Wildman–Crippen LogP) is 3.77. The Hall–Kier alpha value is -5.12.